The maximum atomic E-state index is 11.8. The molecular formula is C31H30N4O4S2. The molecule has 1 unspecified atom stereocenters. The topological polar surface area (TPSA) is 141 Å². The number of thiol groups is 1. The number of aromatic carboxylic acids is 1. The van der Waals surface area contributed by atoms with Crippen LogP contribution >= 0.6 is 11.3 Å². The van der Waals surface area contributed by atoms with Crippen molar-refractivity contribution < 1.29 is 19.6 Å². The minimum Gasteiger partial charge on any atom is -0.870 e. The van der Waals surface area contributed by atoms with Gasteiger partial charge in [-0.25, -0.2) is 14.5 Å². The largest absolute Gasteiger partial charge is 0.870 e. The lowest BCUT2D eigenvalue weighted by atomic mass is 9.95. The van der Waals surface area contributed by atoms with E-state index in [0.717, 1.165) is 45.6 Å². The molecule has 1 saturated carbocycles. The Morgan fingerprint density at radius 1 is 1.05 bits per heavy atom. The van der Waals surface area contributed by atoms with Gasteiger partial charge in [-0.1, -0.05) is 64.4 Å². The summed E-state index contributed by atoms with van der Waals surface area (Å²) in [7, 11) is -1.90. The quantitative estimate of drug-likeness (QED) is 0.161. The fraction of sp³-hybridized carbons (Fsp3) is 0.194. The van der Waals surface area contributed by atoms with Crippen LogP contribution in [0.1, 0.15) is 45.7 Å². The lowest BCUT2D eigenvalue weighted by Crippen LogP contribution is -2.06. The van der Waals surface area contributed by atoms with E-state index in [4.69, 9.17) is 10.2 Å². The summed E-state index contributed by atoms with van der Waals surface area (Å²) in [6, 6.07) is 24.4. The zero-order valence-electron chi connectivity index (χ0n) is 22.4. The Balaban J connectivity index is 0.00000337. The van der Waals surface area contributed by atoms with E-state index in [1.54, 1.807) is 5.38 Å². The summed E-state index contributed by atoms with van der Waals surface area (Å²) in [5.41, 5.74) is 8.49. The Hall–Kier alpha value is -3.96. The van der Waals surface area contributed by atoms with Crippen molar-refractivity contribution in [3.8, 4) is 27.5 Å². The van der Waals surface area contributed by atoms with E-state index in [-0.39, 0.29) is 11.2 Å². The molecule has 0 bridgehead atoms. The van der Waals surface area contributed by atoms with Gasteiger partial charge in [0.1, 0.15) is 0 Å². The van der Waals surface area contributed by atoms with Crippen molar-refractivity contribution >= 4 is 28.3 Å². The van der Waals surface area contributed by atoms with E-state index in [1.807, 2.05) is 35.0 Å². The maximum Gasteiger partial charge on any atom is 0.355 e. The van der Waals surface area contributed by atoms with Crippen molar-refractivity contribution in [2.75, 3.05) is 0 Å². The SMILES string of the molecule is Cc1ccc(-c2cccc(-c3nn(-c4nc(C(=O)O)cs4)c(CC4CC4)c3Cc3ccc([SH+](N)=O)cc3)c2)cc1.[OH-]. The number of benzene rings is 3. The molecule has 4 N–H and O–H groups in total. The predicted octanol–water partition coefficient (Wildman–Crippen LogP) is 5.96. The standard InChI is InChI=1S/C31H28N4O3S2.H2O/c1-19-5-11-22(12-6-19)23-3-2-4-24(17-23)29-26(15-20-9-13-25(14-10-20)40(32)38)28(16-21-7-8-21)35(34-29)31-33-27(18-39-31)30(36)37;/h2-6,9-14,17-18,21H,7-8,15-16H2,1H3,(H2,32,38)(H,36,37);1H2. The third-order valence-electron chi connectivity index (χ3n) is 7.25. The van der Waals surface area contributed by atoms with Gasteiger partial charge in [0.25, 0.3) is 0 Å². The number of rotatable bonds is 9. The van der Waals surface area contributed by atoms with Gasteiger partial charge < -0.3 is 10.6 Å². The molecule has 0 aliphatic heterocycles. The highest BCUT2D eigenvalue weighted by atomic mass is 32.2. The second-order valence-corrected chi connectivity index (χ2v) is 12.3. The highest BCUT2D eigenvalue weighted by molar-refractivity contribution is 7.82. The van der Waals surface area contributed by atoms with Crippen LogP contribution in [-0.4, -0.2) is 31.3 Å². The average Bonchev–Trinajstić information content (AvgIpc) is 3.51. The molecule has 2 heterocycles. The summed E-state index contributed by atoms with van der Waals surface area (Å²) >= 11 is 1.28. The van der Waals surface area contributed by atoms with Crippen LogP contribution in [0.3, 0.4) is 0 Å². The summed E-state index contributed by atoms with van der Waals surface area (Å²) in [5, 5.41) is 22.3. The molecule has 1 aliphatic rings. The summed E-state index contributed by atoms with van der Waals surface area (Å²) in [6.07, 6.45) is 3.79. The van der Waals surface area contributed by atoms with Crippen molar-refractivity contribution in [1.82, 2.24) is 14.8 Å². The number of hydrogen-bond acceptors (Lipinski definition) is 6. The normalized spacial score (nSPS) is 13.5. The van der Waals surface area contributed by atoms with Crippen LogP contribution < -0.4 is 5.14 Å². The maximum absolute atomic E-state index is 11.8. The van der Waals surface area contributed by atoms with Crippen molar-refractivity contribution in [3.63, 3.8) is 0 Å². The fourth-order valence-corrected chi connectivity index (χ4v) is 6.10. The number of aromatic nitrogens is 3. The molecule has 10 heteroatoms. The Morgan fingerprint density at radius 3 is 2.39 bits per heavy atom. The van der Waals surface area contributed by atoms with E-state index in [2.05, 4.69) is 54.4 Å². The lowest BCUT2D eigenvalue weighted by Gasteiger charge is -2.10. The number of carbonyl (C=O) groups is 1. The van der Waals surface area contributed by atoms with Gasteiger partial charge in [0.15, 0.2) is 21.6 Å². The van der Waals surface area contributed by atoms with Crippen molar-refractivity contribution in [3.05, 3.63) is 106 Å². The molecule has 0 spiro atoms. The van der Waals surface area contributed by atoms with Gasteiger partial charge >= 0.3 is 5.97 Å². The molecule has 5 aromatic rings. The number of nitrogens with two attached hydrogens (primary N) is 1. The van der Waals surface area contributed by atoms with Crippen LogP contribution in [0, 0.1) is 12.8 Å². The van der Waals surface area contributed by atoms with Crippen molar-refractivity contribution in [2.24, 2.45) is 11.1 Å². The molecule has 1 atom stereocenters. The second kappa shape index (κ2) is 11.9. The first-order chi connectivity index (χ1) is 19.4. The third-order valence-corrected chi connectivity index (χ3v) is 8.88. The van der Waals surface area contributed by atoms with E-state index in [9.17, 15) is 14.1 Å². The van der Waals surface area contributed by atoms with Crippen LogP contribution in [0.4, 0.5) is 0 Å². The minimum atomic E-state index is -1.90. The number of nitrogens with zero attached hydrogens (tertiary/aromatic N) is 3. The van der Waals surface area contributed by atoms with E-state index >= 15 is 0 Å². The molecule has 210 valence electrons. The summed E-state index contributed by atoms with van der Waals surface area (Å²) in [6.45, 7) is 2.08. The first-order valence-electron chi connectivity index (χ1n) is 13.1. The first-order valence-corrected chi connectivity index (χ1v) is 15.3. The van der Waals surface area contributed by atoms with Gasteiger partial charge in [0, 0.05) is 22.9 Å². The Labute approximate surface area is 244 Å². The third kappa shape index (κ3) is 6.20. The number of hydrogen-bond donors (Lipinski definition) is 2. The Morgan fingerprint density at radius 2 is 1.76 bits per heavy atom. The molecular weight excluding hydrogens is 556 g/mol. The molecule has 3 aromatic carbocycles. The van der Waals surface area contributed by atoms with Crippen molar-refractivity contribution in [1.29, 1.82) is 0 Å². The summed E-state index contributed by atoms with van der Waals surface area (Å²) in [4.78, 5) is 16.6. The van der Waals surface area contributed by atoms with Gasteiger partial charge in [-0.05, 0) is 67.0 Å². The van der Waals surface area contributed by atoms with Gasteiger partial charge in [-0.3, -0.25) is 0 Å². The van der Waals surface area contributed by atoms with E-state index in [1.165, 1.54) is 29.7 Å². The average molecular weight is 587 g/mol. The highest BCUT2D eigenvalue weighted by Crippen LogP contribution is 2.38. The first kappa shape index (κ1) is 28.6. The van der Waals surface area contributed by atoms with E-state index in [0.29, 0.717) is 22.4 Å². The number of aryl methyl sites for hydroxylation is 1. The van der Waals surface area contributed by atoms with Gasteiger partial charge in [-0.2, -0.15) is 5.10 Å². The van der Waals surface area contributed by atoms with E-state index < -0.39 is 17.0 Å². The minimum absolute atomic E-state index is 0. The molecule has 2 aromatic heterocycles. The molecule has 41 heavy (non-hydrogen) atoms. The fourth-order valence-electron chi connectivity index (χ4n) is 4.88. The molecule has 6 rings (SSSR count). The number of carboxylic acid groups (broad SMARTS) is 1. The second-order valence-electron chi connectivity index (χ2n) is 10.3. The summed E-state index contributed by atoms with van der Waals surface area (Å²) in [5.74, 6) is -0.480. The molecule has 8 nitrogen and oxygen atoms in total. The monoisotopic (exact) mass is 586 g/mol. The molecule has 1 fully saturated rings. The molecule has 0 radical (unpaired) electrons. The van der Waals surface area contributed by atoms with Crippen LogP contribution in [0.25, 0.3) is 27.5 Å². The van der Waals surface area contributed by atoms with Crippen LogP contribution in [0.5, 0.6) is 0 Å². The number of carboxylic acids is 1. The number of thiazole rings is 1. The van der Waals surface area contributed by atoms with Gasteiger partial charge in [0.05, 0.1) is 11.4 Å². The predicted molar refractivity (Wildman–Crippen MR) is 161 cm³/mol. The van der Waals surface area contributed by atoms with Crippen molar-refractivity contribution in [2.45, 2.75) is 37.5 Å². The molecule has 0 saturated heterocycles. The zero-order chi connectivity index (χ0) is 27.8. The smallest absolute Gasteiger partial charge is 0.355 e. The lowest BCUT2D eigenvalue weighted by molar-refractivity contribution is 0.0691. The summed E-state index contributed by atoms with van der Waals surface area (Å²) < 4.78 is 13.6. The van der Waals surface area contributed by atoms with Crippen LogP contribution in [-0.2, 0) is 28.0 Å². The zero-order valence-corrected chi connectivity index (χ0v) is 24.1. The van der Waals surface area contributed by atoms with Crippen LogP contribution in [0.2, 0.25) is 0 Å². The highest BCUT2D eigenvalue weighted by Gasteiger charge is 2.29. The Kier molecular flexibility index (Phi) is 8.27. The molecule has 1 aliphatic carbocycles. The van der Waals surface area contributed by atoms with Gasteiger partial charge in [0.2, 0.25) is 5.13 Å². The molecule has 0 amide bonds. The van der Waals surface area contributed by atoms with Gasteiger partial charge in [-0.15, -0.1) is 16.5 Å². The Bertz CT molecular complexity index is 1720. The van der Waals surface area contributed by atoms with Crippen LogP contribution in [0.15, 0.2) is 83.1 Å².